The van der Waals surface area contributed by atoms with Gasteiger partial charge in [-0.3, -0.25) is 4.79 Å². The van der Waals surface area contributed by atoms with E-state index in [1.54, 1.807) is 6.07 Å². The molecule has 2 aliphatic rings. The Morgan fingerprint density at radius 2 is 1.96 bits per heavy atom. The van der Waals surface area contributed by atoms with Crippen LogP contribution in [-0.4, -0.2) is 58.2 Å². The van der Waals surface area contributed by atoms with Crippen LogP contribution in [0, 0.1) is 11.3 Å². The van der Waals surface area contributed by atoms with E-state index >= 15 is 0 Å². The van der Waals surface area contributed by atoms with Crippen molar-refractivity contribution in [3.8, 4) is 0 Å². The van der Waals surface area contributed by atoms with Crippen molar-refractivity contribution in [1.82, 2.24) is 15.5 Å². The number of aromatic nitrogens is 2. The first-order valence-corrected chi connectivity index (χ1v) is 9.57. The number of piperidine rings is 1. The van der Waals surface area contributed by atoms with Crippen molar-refractivity contribution in [2.24, 2.45) is 11.3 Å². The first kappa shape index (κ1) is 19.0. The van der Waals surface area contributed by atoms with E-state index in [9.17, 15) is 15.0 Å². The molecule has 2 heterocycles. The number of aliphatic hydroxyl groups is 2. The molecule has 7 nitrogen and oxygen atoms in total. The van der Waals surface area contributed by atoms with Crippen LogP contribution >= 0.6 is 0 Å². The smallest absolute Gasteiger partial charge is 0.272 e. The average molecular weight is 362 g/mol. The maximum Gasteiger partial charge on any atom is 0.272 e. The monoisotopic (exact) mass is 362 g/mol. The van der Waals surface area contributed by atoms with Crippen LogP contribution in [-0.2, 0) is 0 Å². The first-order chi connectivity index (χ1) is 12.4. The second kappa shape index (κ2) is 7.88. The Balaban J connectivity index is 1.59. The fourth-order valence-electron chi connectivity index (χ4n) is 4.03. The van der Waals surface area contributed by atoms with Gasteiger partial charge < -0.3 is 20.4 Å². The molecule has 0 bridgehead atoms. The lowest BCUT2D eigenvalue weighted by molar-refractivity contribution is 0.0861. The van der Waals surface area contributed by atoms with Crippen molar-refractivity contribution in [2.75, 3.05) is 24.6 Å². The van der Waals surface area contributed by atoms with E-state index in [2.05, 4.69) is 34.3 Å². The number of hydrogen-bond donors (Lipinski definition) is 3. The number of nitrogens with zero attached hydrogens (tertiary/aromatic N) is 3. The third kappa shape index (κ3) is 4.32. The summed E-state index contributed by atoms with van der Waals surface area (Å²) in [6.07, 6.45) is 3.74. The van der Waals surface area contributed by atoms with E-state index in [-0.39, 0.29) is 30.1 Å². The molecule has 0 aromatic carbocycles. The first-order valence-electron chi connectivity index (χ1n) is 9.57. The van der Waals surface area contributed by atoms with Gasteiger partial charge in [-0.2, -0.15) is 0 Å². The van der Waals surface area contributed by atoms with Crippen LogP contribution in [0.3, 0.4) is 0 Å². The van der Waals surface area contributed by atoms with Gasteiger partial charge in [0.1, 0.15) is 0 Å². The molecule has 0 spiro atoms. The molecule has 2 fully saturated rings. The number of hydrogen-bond acceptors (Lipinski definition) is 6. The molecule has 26 heavy (non-hydrogen) atoms. The molecule has 1 aliphatic carbocycles. The number of nitrogens with one attached hydrogen (secondary N) is 1. The summed E-state index contributed by atoms with van der Waals surface area (Å²) in [5.74, 6) is 0.863. The second-order valence-corrected chi connectivity index (χ2v) is 8.33. The van der Waals surface area contributed by atoms with Crippen LogP contribution in [0.2, 0.25) is 0 Å². The fourth-order valence-corrected chi connectivity index (χ4v) is 4.03. The normalized spacial score (nSPS) is 28.6. The maximum atomic E-state index is 12.3. The highest BCUT2D eigenvalue weighted by Gasteiger charge is 2.36. The summed E-state index contributed by atoms with van der Waals surface area (Å²) in [6.45, 7) is 6.18. The minimum Gasteiger partial charge on any atom is -0.396 e. The molecule has 1 aliphatic heterocycles. The standard InChI is InChI=1S/C19H30N4O3/c1-19(2)12-23(10-9-13(19)11-24)17-8-7-16(21-22-17)18(26)20-14-3-5-15(25)6-4-14/h7-8,13-15,24-25H,3-6,9-12H2,1-2H3,(H,20,26). The van der Waals surface area contributed by atoms with Crippen molar-refractivity contribution >= 4 is 11.7 Å². The Kier molecular flexibility index (Phi) is 5.77. The Labute approximate surface area is 154 Å². The molecule has 1 aromatic heterocycles. The molecule has 1 saturated carbocycles. The van der Waals surface area contributed by atoms with Crippen molar-refractivity contribution in [2.45, 2.75) is 58.1 Å². The maximum absolute atomic E-state index is 12.3. The number of aliphatic hydroxyl groups excluding tert-OH is 2. The van der Waals surface area contributed by atoms with Crippen LogP contribution in [0.4, 0.5) is 5.82 Å². The Morgan fingerprint density at radius 1 is 1.23 bits per heavy atom. The van der Waals surface area contributed by atoms with Gasteiger partial charge in [-0.1, -0.05) is 13.8 Å². The van der Waals surface area contributed by atoms with E-state index in [0.29, 0.717) is 11.6 Å². The summed E-state index contributed by atoms with van der Waals surface area (Å²) in [4.78, 5) is 14.5. The highest BCUT2D eigenvalue weighted by atomic mass is 16.3. The Hall–Kier alpha value is -1.73. The largest absolute Gasteiger partial charge is 0.396 e. The molecule has 7 heteroatoms. The lowest BCUT2D eigenvalue weighted by atomic mass is 9.74. The number of carbonyl (C=O) groups is 1. The Morgan fingerprint density at radius 3 is 2.54 bits per heavy atom. The third-order valence-electron chi connectivity index (χ3n) is 5.91. The summed E-state index contributed by atoms with van der Waals surface area (Å²) in [7, 11) is 0. The highest BCUT2D eigenvalue weighted by molar-refractivity contribution is 5.92. The molecular weight excluding hydrogens is 332 g/mol. The molecular formula is C19H30N4O3. The van der Waals surface area contributed by atoms with Crippen molar-refractivity contribution < 1.29 is 15.0 Å². The molecule has 3 rings (SSSR count). The quantitative estimate of drug-likeness (QED) is 0.748. The van der Waals surface area contributed by atoms with Crippen molar-refractivity contribution in [1.29, 1.82) is 0 Å². The van der Waals surface area contributed by atoms with Gasteiger partial charge in [0.25, 0.3) is 5.91 Å². The van der Waals surface area contributed by atoms with Crippen molar-refractivity contribution in [3.63, 3.8) is 0 Å². The number of amides is 1. The number of rotatable bonds is 4. The van der Waals surface area contributed by atoms with E-state index < -0.39 is 0 Å². The van der Waals surface area contributed by atoms with Crippen LogP contribution in [0.15, 0.2) is 12.1 Å². The van der Waals surface area contributed by atoms with E-state index in [1.165, 1.54) is 0 Å². The van der Waals surface area contributed by atoms with Gasteiger partial charge in [0.2, 0.25) is 0 Å². The lowest BCUT2D eigenvalue weighted by Crippen LogP contribution is -2.47. The van der Waals surface area contributed by atoms with Crippen molar-refractivity contribution in [3.05, 3.63) is 17.8 Å². The van der Waals surface area contributed by atoms with Gasteiger partial charge in [-0.15, -0.1) is 10.2 Å². The second-order valence-electron chi connectivity index (χ2n) is 8.33. The van der Waals surface area contributed by atoms with E-state index in [1.807, 2.05) is 6.07 Å². The molecule has 1 amide bonds. The average Bonchev–Trinajstić information content (AvgIpc) is 2.63. The van der Waals surface area contributed by atoms with Gasteiger partial charge in [-0.05, 0) is 55.6 Å². The van der Waals surface area contributed by atoms with Gasteiger partial charge in [0, 0.05) is 25.7 Å². The lowest BCUT2D eigenvalue weighted by Gasteiger charge is -2.44. The molecule has 1 aromatic rings. The summed E-state index contributed by atoms with van der Waals surface area (Å²) in [6, 6.07) is 3.67. The van der Waals surface area contributed by atoms with Crippen LogP contribution < -0.4 is 10.2 Å². The predicted octanol–water partition coefficient (Wildman–Crippen LogP) is 1.35. The minimum absolute atomic E-state index is 0.0102. The van der Waals surface area contributed by atoms with Gasteiger partial charge in [0.15, 0.2) is 11.5 Å². The molecule has 1 unspecified atom stereocenters. The van der Waals surface area contributed by atoms with E-state index in [0.717, 1.165) is 51.0 Å². The highest BCUT2D eigenvalue weighted by Crippen LogP contribution is 2.35. The fraction of sp³-hybridized carbons (Fsp3) is 0.737. The van der Waals surface area contributed by atoms with Gasteiger partial charge in [-0.25, -0.2) is 0 Å². The Bertz CT molecular complexity index is 612. The van der Waals surface area contributed by atoms with Gasteiger partial charge in [0.05, 0.1) is 6.10 Å². The zero-order valence-corrected chi connectivity index (χ0v) is 15.7. The SMILES string of the molecule is CC1(C)CN(c2ccc(C(=O)NC3CCC(O)CC3)nn2)CCC1CO. The van der Waals surface area contributed by atoms with E-state index in [4.69, 9.17) is 0 Å². The number of carbonyl (C=O) groups excluding carboxylic acids is 1. The summed E-state index contributed by atoms with van der Waals surface area (Å²) < 4.78 is 0. The van der Waals surface area contributed by atoms with Crippen LogP contribution in [0.25, 0.3) is 0 Å². The molecule has 1 saturated heterocycles. The molecule has 3 N–H and O–H groups in total. The van der Waals surface area contributed by atoms with Crippen LogP contribution in [0.1, 0.15) is 56.4 Å². The minimum atomic E-state index is -0.235. The number of anilines is 1. The zero-order valence-electron chi connectivity index (χ0n) is 15.7. The molecule has 1 atom stereocenters. The zero-order chi connectivity index (χ0) is 18.7. The third-order valence-corrected chi connectivity index (χ3v) is 5.91. The molecule has 144 valence electrons. The van der Waals surface area contributed by atoms with Gasteiger partial charge >= 0.3 is 0 Å². The topological polar surface area (TPSA) is 98.6 Å². The molecule has 0 radical (unpaired) electrons. The predicted molar refractivity (Wildman–Crippen MR) is 98.9 cm³/mol. The summed E-state index contributed by atoms with van der Waals surface area (Å²) in [5.41, 5.74) is 0.334. The summed E-state index contributed by atoms with van der Waals surface area (Å²) >= 11 is 0. The summed E-state index contributed by atoms with van der Waals surface area (Å²) in [5, 5.41) is 30.4. The van der Waals surface area contributed by atoms with Crippen LogP contribution in [0.5, 0.6) is 0 Å².